The first-order valence-corrected chi connectivity index (χ1v) is 10.7. The van der Waals surface area contributed by atoms with Crippen LogP contribution in [0.5, 0.6) is 0 Å². The van der Waals surface area contributed by atoms with Gasteiger partial charge in [0, 0.05) is 45.2 Å². The molecule has 164 valence electrons. The molecule has 10 heteroatoms. The molecule has 0 spiro atoms. The monoisotopic (exact) mass is 428 g/mol. The molecule has 0 bridgehead atoms. The van der Waals surface area contributed by atoms with Crippen molar-refractivity contribution in [1.82, 2.24) is 29.9 Å². The fraction of sp³-hybridized carbons (Fsp3) is 0.524. The number of halogens is 1. The molecule has 1 unspecified atom stereocenters. The van der Waals surface area contributed by atoms with Gasteiger partial charge in [0.25, 0.3) is 5.91 Å². The predicted octanol–water partition coefficient (Wildman–Crippen LogP) is 0.317. The minimum Gasteiger partial charge on any atom is -0.393 e. The predicted molar refractivity (Wildman–Crippen MR) is 107 cm³/mol. The van der Waals surface area contributed by atoms with Crippen molar-refractivity contribution >= 4 is 11.8 Å². The van der Waals surface area contributed by atoms with Gasteiger partial charge in [0.15, 0.2) is 5.82 Å². The molecule has 2 amide bonds. The number of nitrogens with zero attached hydrogens (tertiary/aromatic N) is 5. The average molecular weight is 428 g/mol. The van der Waals surface area contributed by atoms with Crippen LogP contribution in [0, 0.1) is 11.7 Å². The number of piperazine rings is 1. The van der Waals surface area contributed by atoms with Crippen LogP contribution in [0.15, 0.2) is 24.3 Å². The summed E-state index contributed by atoms with van der Waals surface area (Å²) in [6.07, 6.45) is 0.722. The number of carbonyl (C=O) groups is 2. The van der Waals surface area contributed by atoms with Crippen LogP contribution in [0.2, 0.25) is 0 Å². The number of amides is 2. The van der Waals surface area contributed by atoms with Crippen molar-refractivity contribution in [3.8, 4) is 0 Å². The average Bonchev–Trinajstić information content (AvgIpc) is 3.20. The van der Waals surface area contributed by atoms with Crippen molar-refractivity contribution in [3.05, 3.63) is 47.3 Å². The summed E-state index contributed by atoms with van der Waals surface area (Å²) >= 11 is 0. The minimum atomic E-state index is -0.357. The lowest BCUT2D eigenvalue weighted by atomic mass is 9.81. The zero-order valence-corrected chi connectivity index (χ0v) is 17.1. The molecule has 1 atom stereocenters. The molecule has 2 aromatic rings. The molecule has 1 aromatic carbocycles. The van der Waals surface area contributed by atoms with E-state index in [0.717, 1.165) is 18.7 Å². The Morgan fingerprint density at radius 1 is 1.10 bits per heavy atom. The maximum absolute atomic E-state index is 13.0. The second-order valence-corrected chi connectivity index (χ2v) is 8.50. The highest BCUT2D eigenvalue weighted by atomic mass is 19.1. The molecule has 1 saturated heterocycles. The van der Waals surface area contributed by atoms with Gasteiger partial charge >= 0.3 is 0 Å². The van der Waals surface area contributed by atoms with Crippen molar-refractivity contribution in [2.75, 3.05) is 26.2 Å². The number of fused-ring (bicyclic) bond motifs is 3. The molecule has 5 rings (SSSR count). The Hall–Kier alpha value is -2.85. The summed E-state index contributed by atoms with van der Waals surface area (Å²) in [6.45, 7) is 3.58. The molecule has 1 saturated carbocycles. The Kier molecular flexibility index (Phi) is 5.19. The van der Waals surface area contributed by atoms with E-state index < -0.39 is 0 Å². The lowest BCUT2D eigenvalue weighted by molar-refractivity contribution is -0.146. The highest BCUT2D eigenvalue weighted by Crippen LogP contribution is 2.33. The third kappa shape index (κ3) is 3.81. The molecule has 9 nitrogen and oxygen atoms in total. The normalized spacial score (nSPS) is 25.4. The quantitative estimate of drug-likeness (QED) is 0.727. The summed E-state index contributed by atoms with van der Waals surface area (Å²) in [5.74, 6) is 0.310. The van der Waals surface area contributed by atoms with Gasteiger partial charge in [-0.3, -0.25) is 14.5 Å². The second-order valence-electron chi connectivity index (χ2n) is 8.50. The molecule has 31 heavy (non-hydrogen) atoms. The van der Waals surface area contributed by atoms with Crippen molar-refractivity contribution < 1.29 is 19.1 Å². The number of benzene rings is 1. The van der Waals surface area contributed by atoms with E-state index >= 15 is 0 Å². The molecule has 1 aliphatic carbocycles. The number of hydrogen-bond acceptors (Lipinski definition) is 6. The minimum absolute atomic E-state index is 0.0872. The first kappa shape index (κ1) is 20.1. The van der Waals surface area contributed by atoms with E-state index in [1.807, 2.05) is 9.47 Å². The standard InChI is InChI=1S/C21H25FN6O3/c22-15-3-1-13(2-4-15)11-23-20(30)19-25-24-18-17-12-27(21(31)14-9-16(29)10-14)6-5-26(17)7-8-28(18)19/h1-4,14,16-17,29H,5-12H2,(H,23,30). The molecule has 2 fully saturated rings. The summed E-state index contributed by atoms with van der Waals surface area (Å²) < 4.78 is 14.9. The van der Waals surface area contributed by atoms with E-state index in [4.69, 9.17) is 0 Å². The summed E-state index contributed by atoms with van der Waals surface area (Å²) in [5, 5.41) is 20.8. The van der Waals surface area contributed by atoms with E-state index in [-0.39, 0.29) is 48.1 Å². The molecule has 3 aliphatic rings. The van der Waals surface area contributed by atoms with Gasteiger partial charge in [0.2, 0.25) is 11.7 Å². The van der Waals surface area contributed by atoms with Crippen molar-refractivity contribution in [3.63, 3.8) is 0 Å². The first-order valence-electron chi connectivity index (χ1n) is 10.7. The van der Waals surface area contributed by atoms with E-state index in [9.17, 15) is 19.1 Å². The SMILES string of the molecule is O=C(NCc1ccc(F)cc1)c1nnc2n1CCN1CCN(C(=O)C3CC(O)C3)CC21. The van der Waals surface area contributed by atoms with Gasteiger partial charge in [0.05, 0.1) is 12.1 Å². The number of aliphatic hydroxyl groups is 1. The van der Waals surface area contributed by atoms with Gasteiger partial charge in [-0.25, -0.2) is 4.39 Å². The number of nitrogens with one attached hydrogen (secondary N) is 1. The summed E-state index contributed by atoms with van der Waals surface area (Å²) in [4.78, 5) is 29.6. The van der Waals surface area contributed by atoms with E-state index in [1.54, 1.807) is 12.1 Å². The fourth-order valence-electron chi connectivity index (χ4n) is 4.62. The lowest BCUT2D eigenvalue weighted by Gasteiger charge is -2.45. The van der Waals surface area contributed by atoms with E-state index in [0.29, 0.717) is 38.3 Å². The Balaban J connectivity index is 1.27. The highest BCUT2D eigenvalue weighted by Gasteiger charge is 2.41. The first-order chi connectivity index (χ1) is 15.0. The van der Waals surface area contributed by atoms with Gasteiger partial charge in [-0.2, -0.15) is 0 Å². The van der Waals surface area contributed by atoms with Crippen LogP contribution in [0.3, 0.4) is 0 Å². The highest BCUT2D eigenvalue weighted by molar-refractivity contribution is 5.90. The molecule has 3 heterocycles. The second kappa shape index (κ2) is 8.01. The zero-order valence-electron chi connectivity index (χ0n) is 17.1. The molecular weight excluding hydrogens is 403 g/mol. The third-order valence-electron chi connectivity index (χ3n) is 6.52. The topological polar surface area (TPSA) is 104 Å². The third-order valence-corrected chi connectivity index (χ3v) is 6.52. The molecule has 0 radical (unpaired) electrons. The molecule has 2 N–H and O–H groups in total. The number of hydrogen-bond donors (Lipinski definition) is 2. The number of rotatable bonds is 4. The summed E-state index contributed by atoms with van der Waals surface area (Å²) in [6, 6.07) is 5.87. The van der Waals surface area contributed by atoms with Crippen LogP contribution >= 0.6 is 0 Å². The molecule has 1 aromatic heterocycles. The number of aromatic nitrogens is 3. The van der Waals surface area contributed by atoms with Crippen molar-refractivity contribution in [2.24, 2.45) is 5.92 Å². The maximum Gasteiger partial charge on any atom is 0.289 e. The van der Waals surface area contributed by atoms with E-state index in [1.165, 1.54) is 12.1 Å². The van der Waals surface area contributed by atoms with Crippen LogP contribution in [-0.4, -0.2) is 73.8 Å². The van der Waals surface area contributed by atoms with Crippen LogP contribution < -0.4 is 5.32 Å². The maximum atomic E-state index is 13.0. The Morgan fingerprint density at radius 2 is 1.84 bits per heavy atom. The van der Waals surface area contributed by atoms with Gasteiger partial charge in [0.1, 0.15) is 5.82 Å². The van der Waals surface area contributed by atoms with Gasteiger partial charge < -0.3 is 19.9 Å². The summed E-state index contributed by atoms with van der Waals surface area (Å²) in [5.41, 5.74) is 0.793. The summed E-state index contributed by atoms with van der Waals surface area (Å²) in [7, 11) is 0. The molecular formula is C21H25FN6O3. The number of aliphatic hydroxyl groups excluding tert-OH is 1. The van der Waals surface area contributed by atoms with E-state index in [2.05, 4.69) is 20.4 Å². The molecule has 2 aliphatic heterocycles. The zero-order chi connectivity index (χ0) is 21.5. The van der Waals surface area contributed by atoms with Gasteiger partial charge in [-0.05, 0) is 30.5 Å². The van der Waals surface area contributed by atoms with Crippen molar-refractivity contribution in [2.45, 2.75) is 38.1 Å². The van der Waals surface area contributed by atoms with Gasteiger partial charge in [-0.15, -0.1) is 10.2 Å². The Bertz CT molecular complexity index is 988. The van der Waals surface area contributed by atoms with Crippen LogP contribution in [0.25, 0.3) is 0 Å². The van der Waals surface area contributed by atoms with Crippen molar-refractivity contribution in [1.29, 1.82) is 0 Å². The Labute approximate surface area is 178 Å². The van der Waals surface area contributed by atoms with Crippen LogP contribution in [0.1, 0.15) is 40.9 Å². The largest absolute Gasteiger partial charge is 0.393 e. The van der Waals surface area contributed by atoms with Crippen LogP contribution in [0.4, 0.5) is 4.39 Å². The van der Waals surface area contributed by atoms with Gasteiger partial charge in [-0.1, -0.05) is 12.1 Å². The Morgan fingerprint density at radius 3 is 2.58 bits per heavy atom. The van der Waals surface area contributed by atoms with Crippen LogP contribution in [-0.2, 0) is 17.9 Å². The lowest BCUT2D eigenvalue weighted by Crippen LogP contribution is -2.56. The number of carbonyl (C=O) groups excluding carboxylic acids is 2. The smallest absolute Gasteiger partial charge is 0.289 e. The fourth-order valence-corrected chi connectivity index (χ4v) is 4.62.